The summed E-state index contributed by atoms with van der Waals surface area (Å²) in [6.07, 6.45) is 2.77. The van der Waals surface area contributed by atoms with Gasteiger partial charge in [-0.1, -0.05) is 44.2 Å². The number of nitrogens with one attached hydrogen (secondary N) is 3. The maximum atomic E-state index is 13.6. The third kappa shape index (κ3) is 10.1. The van der Waals surface area contributed by atoms with Crippen molar-refractivity contribution in [2.45, 2.75) is 45.2 Å². The standard InChI is InChI=1S/C32H39FN4O5S/c1-20-13-24(20)19-42-28-17-23(16-27(18-28)37-43(3,40)41)32(39)36-30(15-22-7-5-4-6-8-22)29(34)14-21(2)31(38)35-26-11-9-25(33)10-12-26/h4-12,16-18,20-21,24,29-30,37H,13-15,19,34H2,1-3H3,(H,35,38)(H,36,39)/t20?,21-,24?,29+,30+/m1/s1. The fraction of sp³-hybridized carbons (Fsp3) is 0.375. The van der Waals surface area contributed by atoms with Gasteiger partial charge in [0.1, 0.15) is 11.6 Å². The van der Waals surface area contributed by atoms with Gasteiger partial charge in [0.05, 0.1) is 18.6 Å². The number of nitrogens with two attached hydrogens (primary N) is 1. The molecule has 1 saturated carbocycles. The van der Waals surface area contributed by atoms with Crippen molar-refractivity contribution in [2.24, 2.45) is 23.5 Å². The number of anilines is 2. The molecule has 11 heteroatoms. The van der Waals surface area contributed by atoms with Crippen molar-refractivity contribution in [3.8, 4) is 5.75 Å². The molecule has 2 amide bonds. The second-order valence-corrected chi connectivity index (χ2v) is 13.2. The highest BCUT2D eigenvalue weighted by Gasteiger charge is 2.33. The van der Waals surface area contributed by atoms with E-state index >= 15 is 0 Å². The Balaban J connectivity index is 1.51. The predicted molar refractivity (Wildman–Crippen MR) is 166 cm³/mol. The lowest BCUT2D eigenvalue weighted by Crippen LogP contribution is -2.50. The van der Waals surface area contributed by atoms with Gasteiger partial charge in [-0.2, -0.15) is 0 Å². The number of hydrogen-bond acceptors (Lipinski definition) is 6. The maximum Gasteiger partial charge on any atom is 0.251 e. The van der Waals surface area contributed by atoms with E-state index in [2.05, 4.69) is 22.3 Å². The molecule has 5 atom stereocenters. The Morgan fingerprint density at radius 2 is 1.72 bits per heavy atom. The molecule has 0 bridgehead atoms. The number of halogens is 1. The van der Waals surface area contributed by atoms with E-state index in [-0.39, 0.29) is 23.6 Å². The highest BCUT2D eigenvalue weighted by Crippen LogP contribution is 2.38. The molecule has 230 valence electrons. The molecule has 9 nitrogen and oxygen atoms in total. The van der Waals surface area contributed by atoms with E-state index in [9.17, 15) is 22.4 Å². The summed E-state index contributed by atoms with van der Waals surface area (Å²) in [5.41, 5.74) is 8.46. The molecule has 0 radical (unpaired) electrons. The zero-order valence-corrected chi connectivity index (χ0v) is 25.4. The number of ether oxygens (including phenoxy) is 1. The minimum Gasteiger partial charge on any atom is -0.493 e. The molecule has 1 aliphatic rings. The van der Waals surface area contributed by atoms with Gasteiger partial charge < -0.3 is 21.1 Å². The zero-order chi connectivity index (χ0) is 31.1. The van der Waals surface area contributed by atoms with E-state index in [0.717, 1.165) is 18.2 Å². The van der Waals surface area contributed by atoms with E-state index in [1.54, 1.807) is 19.1 Å². The zero-order valence-electron chi connectivity index (χ0n) is 24.5. The van der Waals surface area contributed by atoms with Gasteiger partial charge in [-0.15, -0.1) is 0 Å². The average Bonchev–Trinajstić information content (AvgIpc) is 3.66. The summed E-state index contributed by atoms with van der Waals surface area (Å²) in [5.74, 6) is -0.267. The fourth-order valence-electron chi connectivity index (χ4n) is 4.83. The smallest absolute Gasteiger partial charge is 0.251 e. The summed E-state index contributed by atoms with van der Waals surface area (Å²) in [6, 6.07) is 18.4. The Hall–Kier alpha value is -3.96. The summed E-state index contributed by atoms with van der Waals surface area (Å²) in [4.78, 5) is 26.5. The van der Waals surface area contributed by atoms with Gasteiger partial charge in [-0.3, -0.25) is 14.3 Å². The molecular formula is C32H39FN4O5S. The lowest BCUT2D eigenvalue weighted by Gasteiger charge is -2.27. The largest absolute Gasteiger partial charge is 0.493 e. The predicted octanol–water partition coefficient (Wildman–Crippen LogP) is 4.57. The second-order valence-electron chi connectivity index (χ2n) is 11.5. The van der Waals surface area contributed by atoms with Crippen LogP contribution in [0.5, 0.6) is 5.75 Å². The SMILES string of the molecule is CC1CC1COc1cc(NS(C)(=O)=O)cc(C(=O)N[C@@H](Cc2ccccc2)[C@@H](N)C[C@@H](C)C(=O)Nc2ccc(F)cc2)c1. The molecule has 0 aromatic heterocycles. The van der Waals surface area contributed by atoms with E-state index in [1.807, 2.05) is 30.3 Å². The van der Waals surface area contributed by atoms with E-state index < -0.39 is 39.7 Å². The van der Waals surface area contributed by atoms with Crippen LogP contribution in [0.4, 0.5) is 15.8 Å². The molecule has 1 fully saturated rings. The van der Waals surface area contributed by atoms with Gasteiger partial charge in [0.25, 0.3) is 5.91 Å². The minimum absolute atomic E-state index is 0.208. The van der Waals surface area contributed by atoms with Gasteiger partial charge in [0.2, 0.25) is 15.9 Å². The van der Waals surface area contributed by atoms with Crippen LogP contribution >= 0.6 is 0 Å². The molecule has 3 aromatic carbocycles. The second kappa shape index (κ2) is 14.0. The Kier molecular flexibility index (Phi) is 10.4. The topological polar surface area (TPSA) is 140 Å². The van der Waals surface area contributed by atoms with Crippen LogP contribution in [0, 0.1) is 23.6 Å². The number of carbonyl (C=O) groups is 2. The van der Waals surface area contributed by atoms with Crippen molar-refractivity contribution in [1.82, 2.24) is 5.32 Å². The molecule has 0 saturated heterocycles. The number of sulfonamides is 1. The molecule has 2 unspecified atom stereocenters. The van der Waals surface area contributed by atoms with Crippen LogP contribution in [0.15, 0.2) is 72.8 Å². The molecule has 5 N–H and O–H groups in total. The normalized spacial score (nSPS) is 18.2. The minimum atomic E-state index is -3.60. The number of rotatable bonds is 14. The lowest BCUT2D eigenvalue weighted by molar-refractivity contribution is -0.119. The molecule has 1 aliphatic carbocycles. The van der Waals surface area contributed by atoms with Gasteiger partial charge >= 0.3 is 0 Å². The number of carbonyl (C=O) groups excluding carboxylic acids is 2. The first-order valence-corrected chi connectivity index (χ1v) is 16.2. The molecule has 3 aromatic rings. The first-order chi connectivity index (χ1) is 20.4. The molecule has 0 heterocycles. The van der Waals surface area contributed by atoms with Crippen molar-refractivity contribution in [1.29, 1.82) is 0 Å². The number of hydrogen-bond donors (Lipinski definition) is 4. The van der Waals surface area contributed by atoms with Crippen LogP contribution in [0.2, 0.25) is 0 Å². The van der Waals surface area contributed by atoms with Crippen LogP contribution in [-0.4, -0.2) is 45.2 Å². The summed E-state index contributed by atoms with van der Waals surface area (Å²) in [6.45, 7) is 4.35. The van der Waals surface area contributed by atoms with E-state index in [4.69, 9.17) is 10.5 Å². The molecule has 0 spiro atoms. The molecule has 43 heavy (non-hydrogen) atoms. The quantitative estimate of drug-likeness (QED) is 0.211. The van der Waals surface area contributed by atoms with Crippen LogP contribution in [0.1, 0.15) is 42.6 Å². The highest BCUT2D eigenvalue weighted by molar-refractivity contribution is 7.92. The monoisotopic (exact) mass is 610 g/mol. The van der Waals surface area contributed by atoms with Gasteiger partial charge in [-0.25, -0.2) is 12.8 Å². The Bertz CT molecular complexity index is 1520. The van der Waals surface area contributed by atoms with Gasteiger partial charge in [0.15, 0.2) is 0 Å². The van der Waals surface area contributed by atoms with Crippen molar-refractivity contribution < 1.29 is 27.1 Å². The Labute approximate surface area is 252 Å². The van der Waals surface area contributed by atoms with Crippen LogP contribution in [-0.2, 0) is 21.2 Å². The van der Waals surface area contributed by atoms with Gasteiger partial charge in [0, 0.05) is 35.3 Å². The van der Waals surface area contributed by atoms with Crippen molar-refractivity contribution in [3.05, 3.63) is 89.7 Å². The van der Waals surface area contributed by atoms with Gasteiger partial charge in [-0.05, 0) is 73.1 Å². The summed E-state index contributed by atoms with van der Waals surface area (Å²) < 4.78 is 45.5. The maximum absolute atomic E-state index is 13.6. The summed E-state index contributed by atoms with van der Waals surface area (Å²) in [5, 5.41) is 5.78. The first-order valence-electron chi connectivity index (χ1n) is 14.3. The third-order valence-corrected chi connectivity index (χ3v) is 8.14. The van der Waals surface area contributed by atoms with Crippen molar-refractivity contribution in [3.63, 3.8) is 0 Å². The number of amides is 2. The lowest BCUT2D eigenvalue weighted by atomic mass is 9.92. The van der Waals surface area contributed by atoms with Crippen LogP contribution < -0.4 is 25.8 Å². The Morgan fingerprint density at radius 3 is 2.35 bits per heavy atom. The molecule has 4 rings (SSSR count). The van der Waals surface area contributed by atoms with Crippen LogP contribution in [0.3, 0.4) is 0 Å². The summed E-state index contributed by atoms with van der Waals surface area (Å²) in [7, 11) is -3.60. The van der Waals surface area contributed by atoms with E-state index in [0.29, 0.717) is 36.3 Å². The van der Waals surface area contributed by atoms with Crippen molar-refractivity contribution >= 4 is 33.2 Å². The molecular weight excluding hydrogens is 571 g/mol. The van der Waals surface area contributed by atoms with E-state index in [1.165, 1.54) is 30.3 Å². The first kappa shape index (κ1) is 32.0. The third-order valence-electron chi connectivity index (χ3n) is 7.53. The molecule has 0 aliphatic heterocycles. The van der Waals surface area contributed by atoms with Crippen molar-refractivity contribution in [2.75, 3.05) is 22.9 Å². The average molecular weight is 611 g/mol. The number of benzene rings is 3. The fourth-order valence-corrected chi connectivity index (χ4v) is 5.37. The summed E-state index contributed by atoms with van der Waals surface area (Å²) >= 11 is 0. The Morgan fingerprint density at radius 1 is 1.05 bits per heavy atom. The highest BCUT2D eigenvalue weighted by atomic mass is 32.2. The van der Waals surface area contributed by atoms with Crippen LogP contribution in [0.25, 0.3) is 0 Å².